The van der Waals surface area contributed by atoms with Crippen LogP contribution < -0.4 is 22.4 Å². The van der Waals surface area contributed by atoms with Crippen molar-refractivity contribution >= 4 is 12.1 Å². The van der Waals surface area contributed by atoms with E-state index in [2.05, 4.69) is 26.2 Å². The Morgan fingerprint density at radius 3 is 2.70 bits per heavy atom. The molecule has 0 fully saturated rings. The minimum absolute atomic E-state index is 0.205. The molecule has 0 aliphatic heterocycles. The molecule has 6 N–H and O–H groups in total. The Hall–Kier alpha value is -2.22. The molecule has 0 spiro atoms. The number of quaternary nitrogens is 1. The summed E-state index contributed by atoms with van der Waals surface area (Å²) in [4.78, 5) is 38.5. The van der Waals surface area contributed by atoms with E-state index in [4.69, 9.17) is 0 Å². The number of unbranched alkanes of at least 4 members (excludes halogenated alkanes) is 2. The maximum absolute atomic E-state index is 11.5. The number of nitrogens with zero attached hydrogens (tertiary/aromatic N) is 1. The second-order valence-corrected chi connectivity index (χ2v) is 4.40. The molecule has 0 atom stereocenters. The average Bonchev–Trinajstić information content (AvgIpc) is 2.37. The van der Waals surface area contributed by atoms with Crippen LogP contribution in [0.15, 0.2) is 14.7 Å². The number of aryl methyl sites for hydroxylation is 1. The Morgan fingerprint density at radius 2 is 2.05 bits per heavy atom. The van der Waals surface area contributed by atoms with Gasteiger partial charge in [0.25, 0.3) is 5.56 Å². The zero-order valence-corrected chi connectivity index (χ0v) is 11.5. The van der Waals surface area contributed by atoms with Crippen LogP contribution in [0.5, 0.6) is 0 Å². The summed E-state index contributed by atoms with van der Waals surface area (Å²) in [5, 5.41) is 3.71. The molecule has 0 bridgehead atoms. The lowest BCUT2D eigenvalue weighted by Crippen LogP contribution is -2.50. The van der Waals surface area contributed by atoms with Gasteiger partial charge in [-0.2, -0.15) is 5.10 Å². The highest BCUT2D eigenvalue weighted by molar-refractivity contribution is 5.82. The van der Waals surface area contributed by atoms with Crippen LogP contribution in [0.1, 0.15) is 36.9 Å². The van der Waals surface area contributed by atoms with E-state index in [9.17, 15) is 14.4 Å². The van der Waals surface area contributed by atoms with Gasteiger partial charge in [0.05, 0.1) is 18.3 Å². The fourth-order valence-corrected chi connectivity index (χ4v) is 1.63. The molecule has 0 aromatic carbocycles. The number of carbonyl (C=O) groups excluding carboxylic acids is 1. The first-order valence-electron chi connectivity index (χ1n) is 6.49. The van der Waals surface area contributed by atoms with E-state index in [1.165, 1.54) is 6.21 Å². The summed E-state index contributed by atoms with van der Waals surface area (Å²) in [6.45, 7) is 2.45. The summed E-state index contributed by atoms with van der Waals surface area (Å²) in [6.07, 6.45) is 4.35. The van der Waals surface area contributed by atoms with Crippen LogP contribution >= 0.6 is 0 Å². The molecular weight excluding hydrogens is 262 g/mol. The molecule has 1 rings (SSSR count). The molecule has 8 nitrogen and oxygen atoms in total. The van der Waals surface area contributed by atoms with Crippen LogP contribution in [-0.2, 0) is 4.79 Å². The van der Waals surface area contributed by atoms with E-state index in [1.54, 1.807) is 6.92 Å². The van der Waals surface area contributed by atoms with Crippen molar-refractivity contribution in [2.24, 2.45) is 5.10 Å². The van der Waals surface area contributed by atoms with Crippen LogP contribution in [0.25, 0.3) is 0 Å². The molecule has 0 aliphatic carbocycles. The molecule has 1 amide bonds. The second-order valence-electron chi connectivity index (χ2n) is 4.40. The average molecular weight is 282 g/mol. The number of hydrazone groups is 1. The van der Waals surface area contributed by atoms with Crippen molar-refractivity contribution in [3.05, 3.63) is 32.1 Å². The maximum Gasteiger partial charge on any atom is 0.325 e. The topological polar surface area (TPSA) is 135 Å². The van der Waals surface area contributed by atoms with Gasteiger partial charge < -0.3 is 10.7 Å². The summed E-state index contributed by atoms with van der Waals surface area (Å²) in [7, 11) is 0. The molecule has 0 radical (unpaired) electrons. The highest BCUT2D eigenvalue weighted by Gasteiger charge is 2.03. The second kappa shape index (κ2) is 8.05. The van der Waals surface area contributed by atoms with Crippen LogP contribution in [0.3, 0.4) is 0 Å². The van der Waals surface area contributed by atoms with Crippen LogP contribution in [-0.4, -0.2) is 28.6 Å². The van der Waals surface area contributed by atoms with Gasteiger partial charge in [0, 0.05) is 12.1 Å². The minimum atomic E-state index is -0.570. The van der Waals surface area contributed by atoms with Crippen LogP contribution in [0.2, 0.25) is 0 Å². The fraction of sp³-hybridized carbons (Fsp3) is 0.500. The lowest BCUT2D eigenvalue weighted by Gasteiger charge is -2.00. The number of amides is 1. The van der Waals surface area contributed by atoms with Gasteiger partial charge in [-0.3, -0.25) is 14.6 Å². The SMILES string of the molecule is Cc1[nH]c(=O)[nH]c(=O)c1C=NNC(=O)CCCCC[NH3+]. The van der Waals surface area contributed by atoms with Gasteiger partial charge in [-0.25, -0.2) is 10.2 Å². The van der Waals surface area contributed by atoms with E-state index in [1.807, 2.05) is 0 Å². The van der Waals surface area contributed by atoms with Gasteiger partial charge >= 0.3 is 5.69 Å². The fourth-order valence-electron chi connectivity index (χ4n) is 1.63. The molecule has 0 unspecified atom stereocenters. The number of aromatic amines is 2. The Morgan fingerprint density at radius 1 is 1.30 bits per heavy atom. The Labute approximate surface area is 115 Å². The predicted molar refractivity (Wildman–Crippen MR) is 74.4 cm³/mol. The van der Waals surface area contributed by atoms with Gasteiger partial charge in [0.15, 0.2) is 0 Å². The number of hydrogen-bond acceptors (Lipinski definition) is 4. The van der Waals surface area contributed by atoms with E-state index < -0.39 is 11.2 Å². The molecule has 0 saturated heterocycles. The van der Waals surface area contributed by atoms with E-state index in [0.29, 0.717) is 12.1 Å². The maximum atomic E-state index is 11.5. The van der Waals surface area contributed by atoms with Crippen molar-refractivity contribution in [3.8, 4) is 0 Å². The third-order valence-corrected chi connectivity index (χ3v) is 2.71. The monoisotopic (exact) mass is 282 g/mol. The zero-order valence-electron chi connectivity index (χ0n) is 11.5. The predicted octanol–water partition coefficient (Wildman–Crippen LogP) is -1.38. The highest BCUT2D eigenvalue weighted by Crippen LogP contribution is 1.97. The van der Waals surface area contributed by atoms with Crippen molar-refractivity contribution in [3.63, 3.8) is 0 Å². The molecule has 1 aromatic rings. The molecule has 1 heterocycles. The lowest BCUT2D eigenvalue weighted by atomic mass is 10.2. The smallest absolute Gasteiger partial charge is 0.325 e. The first-order chi connectivity index (χ1) is 9.54. The normalized spacial score (nSPS) is 10.9. The zero-order chi connectivity index (χ0) is 15.0. The first kappa shape index (κ1) is 15.8. The van der Waals surface area contributed by atoms with Crippen molar-refractivity contribution in [1.82, 2.24) is 15.4 Å². The Bertz CT molecular complexity index is 587. The largest absolute Gasteiger partial charge is 0.358 e. The quantitative estimate of drug-likeness (QED) is 0.279. The number of aromatic nitrogens is 2. The van der Waals surface area contributed by atoms with Crippen LogP contribution in [0.4, 0.5) is 0 Å². The van der Waals surface area contributed by atoms with Gasteiger partial charge in [-0.1, -0.05) is 0 Å². The van der Waals surface area contributed by atoms with Crippen molar-refractivity contribution < 1.29 is 10.5 Å². The molecule has 0 saturated carbocycles. The third kappa shape index (κ3) is 5.19. The van der Waals surface area contributed by atoms with Crippen molar-refractivity contribution in [2.45, 2.75) is 32.6 Å². The van der Waals surface area contributed by atoms with E-state index in [-0.39, 0.29) is 11.5 Å². The molecule has 110 valence electrons. The summed E-state index contributed by atoms with van der Waals surface area (Å²) in [5.74, 6) is -0.205. The van der Waals surface area contributed by atoms with Gasteiger partial charge in [-0.05, 0) is 26.2 Å². The van der Waals surface area contributed by atoms with E-state index >= 15 is 0 Å². The van der Waals surface area contributed by atoms with Gasteiger partial charge in [0.1, 0.15) is 0 Å². The molecule has 1 aromatic heterocycles. The van der Waals surface area contributed by atoms with Gasteiger partial charge in [-0.15, -0.1) is 0 Å². The minimum Gasteiger partial charge on any atom is -0.358 e. The summed E-state index contributed by atoms with van der Waals surface area (Å²) in [5.41, 5.74) is 5.57. The summed E-state index contributed by atoms with van der Waals surface area (Å²) in [6, 6.07) is 0. The summed E-state index contributed by atoms with van der Waals surface area (Å²) >= 11 is 0. The number of rotatable bonds is 7. The summed E-state index contributed by atoms with van der Waals surface area (Å²) < 4.78 is 0. The Balaban J connectivity index is 2.51. The number of nitrogens with one attached hydrogen (secondary N) is 3. The van der Waals surface area contributed by atoms with E-state index in [0.717, 1.165) is 25.8 Å². The first-order valence-corrected chi connectivity index (χ1v) is 6.49. The lowest BCUT2D eigenvalue weighted by molar-refractivity contribution is -0.368. The molecule has 20 heavy (non-hydrogen) atoms. The highest BCUT2D eigenvalue weighted by atomic mass is 16.2. The van der Waals surface area contributed by atoms with Crippen LogP contribution in [0, 0.1) is 6.92 Å². The number of hydrogen-bond donors (Lipinski definition) is 4. The standard InChI is InChI=1S/C12H19N5O3/c1-8-9(11(19)16-12(20)15-8)7-14-17-10(18)5-3-2-4-6-13/h7H,2-6,13H2,1H3,(H,17,18)(H2,15,16,19,20)/p+1. The molecule has 8 heteroatoms. The molecule has 0 aliphatic rings. The van der Waals surface area contributed by atoms with Crippen molar-refractivity contribution in [1.29, 1.82) is 0 Å². The number of carbonyl (C=O) groups is 1. The third-order valence-electron chi connectivity index (χ3n) is 2.71. The van der Waals surface area contributed by atoms with Gasteiger partial charge in [0.2, 0.25) is 5.91 Å². The Kier molecular flexibility index (Phi) is 6.38. The van der Waals surface area contributed by atoms with Crippen molar-refractivity contribution in [2.75, 3.05) is 6.54 Å². The number of H-pyrrole nitrogens is 2. The molecular formula is C12H20N5O3+.